The van der Waals surface area contributed by atoms with Gasteiger partial charge in [0.1, 0.15) is 11.5 Å². The van der Waals surface area contributed by atoms with Crippen LogP contribution in [-0.2, 0) is 0 Å². The highest BCUT2D eigenvalue weighted by molar-refractivity contribution is 5.98. The lowest BCUT2D eigenvalue weighted by Gasteiger charge is -2.10. The number of benzene rings is 3. The summed E-state index contributed by atoms with van der Waals surface area (Å²) in [4.78, 5) is 23.4. The smallest absolute Gasteiger partial charge is 0.344 e. The Balaban J connectivity index is 1.87. The van der Waals surface area contributed by atoms with Crippen LogP contribution in [0.25, 0.3) is 11.1 Å². The molecule has 0 aliphatic carbocycles. The Labute approximate surface area is 143 Å². The van der Waals surface area contributed by atoms with Crippen molar-refractivity contribution in [2.45, 2.75) is 0 Å². The predicted molar refractivity (Wildman–Crippen MR) is 91.9 cm³/mol. The Bertz CT molecular complexity index is 912. The van der Waals surface area contributed by atoms with Gasteiger partial charge in [-0.05, 0) is 53.6 Å². The lowest BCUT2D eigenvalue weighted by atomic mass is 10.00. The van der Waals surface area contributed by atoms with Crippen LogP contribution in [-0.4, -0.2) is 22.2 Å². The Kier molecular flexibility index (Phi) is 4.48. The second kappa shape index (κ2) is 6.88. The molecule has 5 heteroatoms. The Morgan fingerprint density at radius 2 is 1.44 bits per heavy atom. The van der Waals surface area contributed by atoms with E-state index in [9.17, 15) is 14.7 Å². The van der Waals surface area contributed by atoms with E-state index in [2.05, 4.69) is 0 Å². The topological polar surface area (TPSA) is 83.8 Å². The quantitative estimate of drug-likeness (QED) is 0.557. The molecule has 0 amide bonds. The van der Waals surface area contributed by atoms with Gasteiger partial charge in [0.15, 0.2) is 0 Å². The third-order valence-electron chi connectivity index (χ3n) is 3.64. The van der Waals surface area contributed by atoms with Gasteiger partial charge in [0, 0.05) is 0 Å². The number of rotatable bonds is 4. The van der Waals surface area contributed by atoms with E-state index in [1.165, 1.54) is 24.3 Å². The van der Waals surface area contributed by atoms with Crippen molar-refractivity contribution in [3.8, 4) is 22.6 Å². The molecule has 3 rings (SSSR count). The van der Waals surface area contributed by atoms with Crippen LogP contribution in [0.3, 0.4) is 0 Å². The Morgan fingerprint density at radius 1 is 0.800 bits per heavy atom. The van der Waals surface area contributed by atoms with Gasteiger partial charge in [-0.15, -0.1) is 0 Å². The number of carbonyl (C=O) groups excluding carboxylic acids is 1. The molecule has 0 fully saturated rings. The fraction of sp³-hybridized carbons (Fsp3) is 0. The normalized spacial score (nSPS) is 10.2. The SMILES string of the molecule is O=C(O)c1ccc(OC(=O)c2ccccc2-c2ccc(O)cc2)cc1. The molecule has 124 valence electrons. The maximum absolute atomic E-state index is 12.5. The molecule has 3 aromatic rings. The number of aromatic hydroxyl groups is 1. The van der Waals surface area contributed by atoms with Crippen LogP contribution in [0.5, 0.6) is 11.5 Å². The number of hydrogen-bond donors (Lipinski definition) is 2. The maximum atomic E-state index is 12.5. The van der Waals surface area contributed by atoms with Crippen LogP contribution in [0, 0.1) is 0 Å². The van der Waals surface area contributed by atoms with Crippen molar-refractivity contribution >= 4 is 11.9 Å². The van der Waals surface area contributed by atoms with Gasteiger partial charge in [-0.1, -0.05) is 30.3 Å². The molecule has 0 unspecified atom stereocenters. The zero-order valence-electron chi connectivity index (χ0n) is 13.0. The number of phenolic OH excluding ortho intramolecular Hbond substituents is 1. The zero-order chi connectivity index (χ0) is 17.8. The molecule has 0 aliphatic heterocycles. The van der Waals surface area contributed by atoms with E-state index in [-0.39, 0.29) is 17.1 Å². The minimum absolute atomic E-state index is 0.115. The first-order valence-corrected chi connectivity index (χ1v) is 7.48. The first kappa shape index (κ1) is 16.3. The minimum Gasteiger partial charge on any atom is -0.508 e. The number of esters is 1. The molecule has 0 aliphatic rings. The zero-order valence-corrected chi connectivity index (χ0v) is 13.0. The molecule has 0 atom stereocenters. The van der Waals surface area contributed by atoms with Crippen molar-refractivity contribution in [3.05, 3.63) is 83.9 Å². The van der Waals surface area contributed by atoms with Crippen molar-refractivity contribution in [1.29, 1.82) is 0 Å². The van der Waals surface area contributed by atoms with Crippen LogP contribution < -0.4 is 4.74 Å². The highest BCUT2D eigenvalue weighted by Crippen LogP contribution is 2.26. The highest BCUT2D eigenvalue weighted by Gasteiger charge is 2.15. The first-order chi connectivity index (χ1) is 12.0. The number of ether oxygens (including phenoxy) is 1. The van der Waals surface area contributed by atoms with E-state index in [1.807, 2.05) is 0 Å². The van der Waals surface area contributed by atoms with E-state index in [4.69, 9.17) is 9.84 Å². The molecule has 5 nitrogen and oxygen atoms in total. The molecule has 3 aromatic carbocycles. The molecule has 0 spiro atoms. The lowest BCUT2D eigenvalue weighted by molar-refractivity contribution is 0.0696. The summed E-state index contributed by atoms with van der Waals surface area (Å²) in [6.45, 7) is 0. The summed E-state index contributed by atoms with van der Waals surface area (Å²) in [6.07, 6.45) is 0. The van der Waals surface area contributed by atoms with E-state index in [0.717, 1.165) is 5.56 Å². The first-order valence-electron chi connectivity index (χ1n) is 7.48. The summed E-state index contributed by atoms with van der Waals surface area (Å²) >= 11 is 0. The predicted octanol–water partition coefficient (Wildman–Crippen LogP) is 3.98. The minimum atomic E-state index is -1.05. The summed E-state index contributed by atoms with van der Waals surface area (Å²) in [6, 6.07) is 19.1. The van der Waals surface area contributed by atoms with E-state index >= 15 is 0 Å². The molecule has 2 N–H and O–H groups in total. The molecule has 0 saturated carbocycles. The standard InChI is InChI=1S/C20H14O5/c21-15-9-5-13(6-10-15)17-3-1-2-4-18(17)20(24)25-16-11-7-14(8-12-16)19(22)23/h1-12,21H,(H,22,23). The van der Waals surface area contributed by atoms with Crippen LogP contribution in [0.1, 0.15) is 20.7 Å². The van der Waals surface area contributed by atoms with Crippen molar-refractivity contribution in [1.82, 2.24) is 0 Å². The second-order valence-electron chi connectivity index (χ2n) is 5.31. The lowest BCUT2D eigenvalue weighted by Crippen LogP contribution is -2.10. The molecule has 0 saturated heterocycles. The second-order valence-corrected chi connectivity index (χ2v) is 5.31. The molecule has 0 bridgehead atoms. The van der Waals surface area contributed by atoms with Crippen molar-refractivity contribution in [3.63, 3.8) is 0 Å². The Morgan fingerprint density at radius 3 is 2.08 bits per heavy atom. The maximum Gasteiger partial charge on any atom is 0.344 e. The van der Waals surface area contributed by atoms with Gasteiger partial charge in [-0.2, -0.15) is 0 Å². The van der Waals surface area contributed by atoms with Gasteiger partial charge in [0.2, 0.25) is 0 Å². The summed E-state index contributed by atoms with van der Waals surface area (Å²) < 4.78 is 5.34. The van der Waals surface area contributed by atoms with Crippen LogP contribution in [0.4, 0.5) is 0 Å². The van der Waals surface area contributed by atoms with Crippen molar-refractivity contribution in [2.75, 3.05) is 0 Å². The van der Waals surface area contributed by atoms with Gasteiger partial charge in [0.25, 0.3) is 0 Å². The third-order valence-corrected chi connectivity index (χ3v) is 3.64. The van der Waals surface area contributed by atoms with Gasteiger partial charge < -0.3 is 14.9 Å². The molecule has 25 heavy (non-hydrogen) atoms. The number of aromatic carboxylic acids is 1. The van der Waals surface area contributed by atoms with E-state index in [1.54, 1.807) is 48.5 Å². The molecule has 0 heterocycles. The van der Waals surface area contributed by atoms with Crippen LogP contribution in [0.15, 0.2) is 72.8 Å². The van der Waals surface area contributed by atoms with Gasteiger partial charge in [-0.3, -0.25) is 0 Å². The van der Waals surface area contributed by atoms with Crippen LogP contribution in [0.2, 0.25) is 0 Å². The number of carboxylic acid groups (broad SMARTS) is 1. The fourth-order valence-electron chi connectivity index (χ4n) is 2.38. The van der Waals surface area contributed by atoms with E-state index < -0.39 is 11.9 Å². The summed E-state index contributed by atoms with van der Waals surface area (Å²) in [5, 5.41) is 18.3. The van der Waals surface area contributed by atoms with Crippen molar-refractivity contribution in [2.24, 2.45) is 0 Å². The Hall–Kier alpha value is -3.60. The average Bonchev–Trinajstić information content (AvgIpc) is 2.63. The monoisotopic (exact) mass is 334 g/mol. The molecular formula is C20H14O5. The largest absolute Gasteiger partial charge is 0.508 e. The number of phenols is 1. The summed E-state index contributed by atoms with van der Waals surface area (Å²) in [5.41, 5.74) is 1.93. The number of hydrogen-bond acceptors (Lipinski definition) is 4. The highest BCUT2D eigenvalue weighted by atomic mass is 16.5. The summed E-state index contributed by atoms with van der Waals surface area (Å²) in [7, 11) is 0. The fourth-order valence-corrected chi connectivity index (χ4v) is 2.38. The molecule has 0 radical (unpaired) electrons. The third kappa shape index (κ3) is 3.67. The van der Waals surface area contributed by atoms with Gasteiger partial charge in [0.05, 0.1) is 11.1 Å². The summed E-state index contributed by atoms with van der Waals surface area (Å²) in [5.74, 6) is -1.19. The number of carbonyl (C=O) groups is 2. The molecular weight excluding hydrogens is 320 g/mol. The number of carboxylic acids is 1. The van der Waals surface area contributed by atoms with Gasteiger partial charge in [-0.25, -0.2) is 9.59 Å². The van der Waals surface area contributed by atoms with Crippen molar-refractivity contribution < 1.29 is 24.5 Å². The average molecular weight is 334 g/mol. The van der Waals surface area contributed by atoms with Gasteiger partial charge >= 0.3 is 11.9 Å². The van der Waals surface area contributed by atoms with Crippen LogP contribution >= 0.6 is 0 Å². The van der Waals surface area contributed by atoms with E-state index in [0.29, 0.717) is 11.1 Å². The molecule has 0 aromatic heterocycles.